The largest absolute Gasteiger partial charge is 0.485 e. The van der Waals surface area contributed by atoms with E-state index >= 15 is 0 Å². The number of halogens is 3. The molecule has 25 heavy (non-hydrogen) atoms. The summed E-state index contributed by atoms with van der Waals surface area (Å²) in [6.07, 6.45) is -1.51. The third-order valence-electron chi connectivity index (χ3n) is 4.97. The number of anilines is 1. The van der Waals surface area contributed by atoms with Crippen molar-refractivity contribution >= 4 is 5.82 Å². The normalized spacial score (nSPS) is 25.9. The second-order valence-electron chi connectivity index (χ2n) is 6.86. The van der Waals surface area contributed by atoms with E-state index in [9.17, 15) is 13.2 Å². The molecule has 2 heterocycles. The first-order chi connectivity index (χ1) is 11.9. The van der Waals surface area contributed by atoms with E-state index in [0.29, 0.717) is 18.3 Å². The number of ether oxygens (including phenoxy) is 1. The molecule has 132 valence electrons. The molecule has 1 saturated heterocycles. The average Bonchev–Trinajstić information content (AvgIpc) is 2.89. The van der Waals surface area contributed by atoms with Gasteiger partial charge in [-0.3, -0.25) is 0 Å². The number of nitrogens with zero attached hydrogens (tertiary/aromatic N) is 3. The summed E-state index contributed by atoms with van der Waals surface area (Å²) in [5.41, 5.74) is -1.28. The van der Waals surface area contributed by atoms with Gasteiger partial charge in [0.2, 0.25) is 0 Å². The van der Waals surface area contributed by atoms with Crippen molar-refractivity contribution in [1.82, 2.24) is 10.2 Å². The topological polar surface area (TPSA) is 38.2 Å². The number of benzene rings is 1. The number of aromatic nitrogens is 2. The molecule has 0 N–H and O–H groups in total. The van der Waals surface area contributed by atoms with Crippen LogP contribution in [-0.4, -0.2) is 28.9 Å². The highest BCUT2D eigenvalue weighted by atomic mass is 19.4. The fourth-order valence-electron chi connectivity index (χ4n) is 3.90. The Kier molecular flexibility index (Phi) is 3.81. The number of piperidine rings is 1. The summed E-state index contributed by atoms with van der Waals surface area (Å²) in [7, 11) is 0. The fourth-order valence-corrected chi connectivity index (χ4v) is 3.90. The molecular formula is C18H18F3N3O. The first-order valence-corrected chi connectivity index (χ1v) is 8.34. The highest BCUT2D eigenvalue weighted by Crippen LogP contribution is 2.43. The van der Waals surface area contributed by atoms with E-state index in [1.165, 1.54) is 6.07 Å². The minimum Gasteiger partial charge on any atom is -0.485 e. The summed E-state index contributed by atoms with van der Waals surface area (Å²) in [4.78, 5) is 2.00. The van der Waals surface area contributed by atoms with Crippen LogP contribution >= 0.6 is 0 Å². The number of alkyl halides is 3. The zero-order chi connectivity index (χ0) is 17.5. The number of fused-ring (bicyclic) bond motifs is 2. The van der Waals surface area contributed by atoms with Gasteiger partial charge in [-0.25, -0.2) is 0 Å². The van der Waals surface area contributed by atoms with Crippen LogP contribution in [0.2, 0.25) is 0 Å². The Morgan fingerprint density at radius 1 is 1.08 bits per heavy atom. The Hall–Kier alpha value is -2.31. The molecule has 2 aromatic rings. The zero-order valence-electron chi connectivity index (χ0n) is 13.5. The summed E-state index contributed by atoms with van der Waals surface area (Å²) in [5, 5.41) is 7.15. The van der Waals surface area contributed by atoms with E-state index in [4.69, 9.17) is 4.74 Å². The van der Waals surface area contributed by atoms with E-state index in [2.05, 4.69) is 10.2 Å². The first kappa shape index (κ1) is 16.2. The van der Waals surface area contributed by atoms with Crippen LogP contribution in [0.15, 0.2) is 42.5 Å². The van der Waals surface area contributed by atoms with Gasteiger partial charge in [-0.2, -0.15) is 13.2 Å². The predicted octanol–water partition coefficient (Wildman–Crippen LogP) is 3.93. The van der Waals surface area contributed by atoms with Crippen molar-refractivity contribution in [2.45, 2.75) is 31.0 Å². The maximum atomic E-state index is 12.7. The maximum Gasteiger partial charge on any atom is 0.435 e. The average molecular weight is 349 g/mol. The van der Waals surface area contributed by atoms with Crippen molar-refractivity contribution in [2.24, 2.45) is 5.92 Å². The van der Waals surface area contributed by atoms with Gasteiger partial charge in [-0.1, -0.05) is 18.2 Å². The van der Waals surface area contributed by atoms with Crippen molar-refractivity contribution in [3.8, 4) is 5.75 Å². The van der Waals surface area contributed by atoms with Gasteiger partial charge in [0.05, 0.1) is 6.54 Å². The third kappa shape index (κ3) is 3.27. The monoisotopic (exact) mass is 349 g/mol. The minimum absolute atomic E-state index is 0.311. The summed E-state index contributed by atoms with van der Waals surface area (Å²) in [6, 6.07) is 12.0. The van der Waals surface area contributed by atoms with E-state index in [0.717, 1.165) is 37.6 Å². The highest BCUT2D eigenvalue weighted by molar-refractivity contribution is 5.40. The molecule has 1 aliphatic carbocycles. The summed E-state index contributed by atoms with van der Waals surface area (Å²) in [5.74, 6) is 1.76. The van der Waals surface area contributed by atoms with Crippen molar-refractivity contribution in [2.75, 3.05) is 18.0 Å². The maximum absolute atomic E-state index is 12.7. The van der Waals surface area contributed by atoms with E-state index in [1.807, 2.05) is 35.2 Å². The van der Waals surface area contributed by atoms with Crippen molar-refractivity contribution in [3.05, 3.63) is 48.2 Å². The Morgan fingerprint density at radius 2 is 1.88 bits per heavy atom. The molecule has 1 aliphatic heterocycles. The Morgan fingerprint density at radius 3 is 2.56 bits per heavy atom. The number of rotatable bonds is 3. The summed E-state index contributed by atoms with van der Waals surface area (Å²) < 4.78 is 44.3. The van der Waals surface area contributed by atoms with Crippen LogP contribution in [0.4, 0.5) is 19.0 Å². The highest BCUT2D eigenvalue weighted by Gasteiger charge is 2.47. The van der Waals surface area contributed by atoms with Crippen LogP contribution in [0.5, 0.6) is 5.75 Å². The van der Waals surface area contributed by atoms with Crippen LogP contribution in [0.3, 0.4) is 0 Å². The number of hydrogen-bond acceptors (Lipinski definition) is 4. The lowest BCUT2D eigenvalue weighted by Crippen LogP contribution is -2.51. The smallest absolute Gasteiger partial charge is 0.435 e. The Balaban J connectivity index is 1.54. The quantitative estimate of drug-likeness (QED) is 0.841. The molecule has 2 bridgehead atoms. The summed E-state index contributed by atoms with van der Waals surface area (Å²) >= 11 is 0. The van der Waals surface area contributed by atoms with E-state index in [-0.39, 0.29) is 5.60 Å². The van der Waals surface area contributed by atoms with Gasteiger partial charge in [-0.05, 0) is 49.4 Å². The van der Waals surface area contributed by atoms with Gasteiger partial charge in [0.25, 0.3) is 0 Å². The Labute approximate surface area is 143 Å². The van der Waals surface area contributed by atoms with Crippen LogP contribution in [-0.2, 0) is 6.18 Å². The molecule has 0 radical (unpaired) electrons. The van der Waals surface area contributed by atoms with Gasteiger partial charge in [0.1, 0.15) is 11.4 Å². The SMILES string of the molecule is FC(F)(F)c1ccc(N2CC3CCC(Oc4ccccc4)(C3)C2)nn1. The lowest BCUT2D eigenvalue weighted by Gasteiger charge is -2.40. The lowest BCUT2D eigenvalue weighted by atomic mass is 9.94. The molecule has 0 amide bonds. The molecule has 1 saturated carbocycles. The van der Waals surface area contributed by atoms with Gasteiger partial charge in [0.15, 0.2) is 11.5 Å². The predicted molar refractivity (Wildman–Crippen MR) is 86.4 cm³/mol. The second kappa shape index (κ2) is 5.89. The van der Waals surface area contributed by atoms with Gasteiger partial charge < -0.3 is 9.64 Å². The van der Waals surface area contributed by atoms with Gasteiger partial charge >= 0.3 is 6.18 Å². The molecule has 0 spiro atoms. The van der Waals surface area contributed by atoms with E-state index < -0.39 is 11.9 Å². The molecule has 2 atom stereocenters. The summed E-state index contributed by atoms with van der Waals surface area (Å²) in [6.45, 7) is 1.39. The first-order valence-electron chi connectivity index (χ1n) is 8.34. The number of para-hydroxylation sites is 1. The van der Waals surface area contributed by atoms with Crippen LogP contribution in [0, 0.1) is 5.92 Å². The van der Waals surface area contributed by atoms with Crippen molar-refractivity contribution in [3.63, 3.8) is 0 Å². The van der Waals surface area contributed by atoms with Crippen LogP contribution in [0.25, 0.3) is 0 Å². The number of hydrogen-bond donors (Lipinski definition) is 0. The van der Waals surface area contributed by atoms with Crippen LogP contribution in [0.1, 0.15) is 25.0 Å². The molecule has 2 unspecified atom stereocenters. The van der Waals surface area contributed by atoms with Crippen molar-refractivity contribution < 1.29 is 17.9 Å². The minimum atomic E-state index is -4.47. The lowest BCUT2D eigenvalue weighted by molar-refractivity contribution is -0.141. The van der Waals surface area contributed by atoms with Crippen molar-refractivity contribution in [1.29, 1.82) is 0 Å². The van der Waals surface area contributed by atoms with E-state index in [1.54, 1.807) is 0 Å². The zero-order valence-corrected chi connectivity index (χ0v) is 13.5. The molecule has 1 aromatic carbocycles. The standard InChI is InChI=1S/C18H18F3N3O/c19-18(20,21)15-6-7-16(23-22-15)24-11-13-8-9-17(10-13,12-24)25-14-4-2-1-3-5-14/h1-7,13H,8-12H2. The Bertz CT molecular complexity index is 735. The molecule has 2 fully saturated rings. The van der Waals surface area contributed by atoms with Crippen LogP contribution < -0.4 is 9.64 Å². The molecule has 7 heteroatoms. The van der Waals surface area contributed by atoms with Gasteiger partial charge in [0, 0.05) is 6.54 Å². The fraction of sp³-hybridized carbons (Fsp3) is 0.444. The molecule has 2 aliphatic rings. The molecular weight excluding hydrogens is 331 g/mol. The van der Waals surface area contributed by atoms with Gasteiger partial charge in [-0.15, -0.1) is 10.2 Å². The third-order valence-corrected chi connectivity index (χ3v) is 4.97. The molecule has 4 rings (SSSR count). The molecule has 4 nitrogen and oxygen atoms in total. The molecule has 1 aromatic heterocycles. The second-order valence-corrected chi connectivity index (χ2v) is 6.86.